The molecule has 4 aromatic rings. The normalized spacial score (nSPS) is 10.3. The van der Waals surface area contributed by atoms with Gasteiger partial charge in [0.05, 0.1) is 5.69 Å². The fourth-order valence-electron chi connectivity index (χ4n) is 2.90. The average Bonchev–Trinajstić information content (AvgIpc) is 3.13. The van der Waals surface area contributed by atoms with Crippen molar-refractivity contribution in [2.75, 3.05) is 0 Å². The third-order valence-electron chi connectivity index (χ3n) is 4.35. The molecule has 4 nitrogen and oxygen atoms in total. The first-order chi connectivity index (χ1) is 13.2. The standard InChI is InChI=1S/C23H17N3O/c1-26-22(13-15-25-26)20-10-6-18(7-11-20)3-2-17-4-8-19(9-5-17)21-12-14-24-23(27)16-21/h4-16H,1H3,(H,24,27). The Morgan fingerprint density at radius 2 is 1.44 bits per heavy atom. The summed E-state index contributed by atoms with van der Waals surface area (Å²) in [7, 11) is 1.93. The van der Waals surface area contributed by atoms with E-state index in [9.17, 15) is 4.79 Å². The molecule has 2 heterocycles. The zero-order valence-corrected chi connectivity index (χ0v) is 14.8. The van der Waals surface area contributed by atoms with Gasteiger partial charge in [-0.15, -0.1) is 0 Å². The number of nitrogens with one attached hydrogen (secondary N) is 1. The van der Waals surface area contributed by atoms with Crippen molar-refractivity contribution in [2.24, 2.45) is 7.05 Å². The largest absolute Gasteiger partial charge is 0.329 e. The summed E-state index contributed by atoms with van der Waals surface area (Å²) in [5.74, 6) is 6.37. The molecule has 0 amide bonds. The van der Waals surface area contributed by atoms with Crippen LogP contribution in [0.4, 0.5) is 0 Å². The van der Waals surface area contributed by atoms with Crippen LogP contribution in [0.15, 0.2) is 83.9 Å². The molecule has 2 aromatic carbocycles. The molecule has 0 atom stereocenters. The first-order valence-corrected chi connectivity index (χ1v) is 8.59. The predicted octanol–water partition coefficient (Wildman–Crippen LogP) is 3.84. The molecule has 2 aromatic heterocycles. The summed E-state index contributed by atoms with van der Waals surface area (Å²) in [5.41, 5.74) is 5.86. The molecule has 0 saturated heterocycles. The SMILES string of the molecule is Cn1nccc1-c1ccc(C#Cc2ccc(-c3cc[nH]c(=O)c3)cc2)cc1. The summed E-state index contributed by atoms with van der Waals surface area (Å²) >= 11 is 0. The minimum absolute atomic E-state index is 0.106. The van der Waals surface area contributed by atoms with Crippen LogP contribution in [-0.2, 0) is 7.05 Å². The van der Waals surface area contributed by atoms with Gasteiger partial charge in [-0.05, 0) is 53.1 Å². The van der Waals surface area contributed by atoms with Crippen LogP contribution in [0.2, 0.25) is 0 Å². The van der Waals surface area contributed by atoms with E-state index in [2.05, 4.69) is 34.1 Å². The van der Waals surface area contributed by atoms with Gasteiger partial charge >= 0.3 is 0 Å². The van der Waals surface area contributed by atoms with E-state index >= 15 is 0 Å². The van der Waals surface area contributed by atoms with Gasteiger partial charge in [-0.2, -0.15) is 5.10 Å². The van der Waals surface area contributed by atoms with E-state index in [1.807, 2.05) is 60.3 Å². The van der Waals surface area contributed by atoms with Crippen molar-refractivity contribution in [1.82, 2.24) is 14.8 Å². The third-order valence-corrected chi connectivity index (χ3v) is 4.35. The topological polar surface area (TPSA) is 50.7 Å². The number of aromatic nitrogens is 3. The number of pyridine rings is 1. The number of hydrogen-bond acceptors (Lipinski definition) is 2. The highest BCUT2D eigenvalue weighted by Crippen LogP contribution is 2.19. The van der Waals surface area contributed by atoms with Crippen LogP contribution in [-0.4, -0.2) is 14.8 Å². The minimum Gasteiger partial charge on any atom is -0.329 e. The quantitative estimate of drug-likeness (QED) is 0.558. The molecule has 0 saturated carbocycles. The number of aryl methyl sites for hydroxylation is 1. The van der Waals surface area contributed by atoms with Gasteiger partial charge in [0.15, 0.2) is 0 Å². The van der Waals surface area contributed by atoms with E-state index in [-0.39, 0.29) is 5.56 Å². The first kappa shape index (κ1) is 16.6. The number of H-pyrrole nitrogens is 1. The number of nitrogens with zero attached hydrogens (tertiary/aromatic N) is 2. The van der Waals surface area contributed by atoms with Crippen molar-refractivity contribution in [2.45, 2.75) is 0 Å². The molecule has 0 unspecified atom stereocenters. The van der Waals surface area contributed by atoms with Crippen LogP contribution < -0.4 is 5.56 Å². The van der Waals surface area contributed by atoms with Crippen molar-refractivity contribution < 1.29 is 0 Å². The molecule has 27 heavy (non-hydrogen) atoms. The number of benzene rings is 2. The smallest absolute Gasteiger partial charge is 0.248 e. The molecule has 0 aliphatic carbocycles. The second-order valence-corrected chi connectivity index (χ2v) is 6.19. The van der Waals surface area contributed by atoms with Crippen LogP contribution in [0.5, 0.6) is 0 Å². The fourth-order valence-corrected chi connectivity index (χ4v) is 2.90. The predicted molar refractivity (Wildman–Crippen MR) is 107 cm³/mol. The van der Waals surface area contributed by atoms with Crippen molar-refractivity contribution >= 4 is 0 Å². The van der Waals surface area contributed by atoms with Crippen LogP contribution in [0.3, 0.4) is 0 Å². The van der Waals surface area contributed by atoms with Crippen LogP contribution in [0, 0.1) is 11.8 Å². The van der Waals surface area contributed by atoms with Crippen molar-refractivity contribution in [3.63, 3.8) is 0 Å². The zero-order valence-electron chi connectivity index (χ0n) is 14.8. The molecule has 1 N–H and O–H groups in total. The third kappa shape index (κ3) is 3.73. The van der Waals surface area contributed by atoms with Gasteiger partial charge in [-0.25, -0.2) is 0 Å². The maximum Gasteiger partial charge on any atom is 0.248 e. The van der Waals surface area contributed by atoms with Gasteiger partial charge in [0.25, 0.3) is 0 Å². The summed E-state index contributed by atoms with van der Waals surface area (Å²) in [4.78, 5) is 14.0. The average molecular weight is 351 g/mol. The molecule has 0 spiro atoms. The molecular formula is C23H17N3O. The Morgan fingerprint density at radius 3 is 2.00 bits per heavy atom. The van der Waals surface area contributed by atoms with Gasteiger partial charge in [0, 0.05) is 36.6 Å². The summed E-state index contributed by atoms with van der Waals surface area (Å²) in [6.07, 6.45) is 3.44. The van der Waals surface area contributed by atoms with Gasteiger partial charge in [-0.1, -0.05) is 36.1 Å². The van der Waals surface area contributed by atoms with E-state index in [1.54, 1.807) is 18.5 Å². The van der Waals surface area contributed by atoms with E-state index in [0.717, 1.165) is 33.5 Å². The second kappa shape index (κ2) is 7.19. The lowest BCUT2D eigenvalue weighted by Gasteiger charge is -2.02. The van der Waals surface area contributed by atoms with E-state index in [0.29, 0.717) is 0 Å². The van der Waals surface area contributed by atoms with Crippen molar-refractivity contribution in [3.8, 4) is 34.2 Å². The molecule has 130 valence electrons. The number of aromatic amines is 1. The van der Waals surface area contributed by atoms with Gasteiger partial charge in [0.2, 0.25) is 5.56 Å². The van der Waals surface area contributed by atoms with Gasteiger partial charge in [0.1, 0.15) is 0 Å². The lowest BCUT2D eigenvalue weighted by Crippen LogP contribution is -2.01. The lowest BCUT2D eigenvalue weighted by atomic mass is 10.0. The molecule has 0 fully saturated rings. The highest BCUT2D eigenvalue weighted by atomic mass is 16.1. The maximum absolute atomic E-state index is 11.4. The van der Waals surface area contributed by atoms with E-state index < -0.39 is 0 Å². The molecule has 0 radical (unpaired) electrons. The first-order valence-electron chi connectivity index (χ1n) is 8.59. The van der Waals surface area contributed by atoms with E-state index in [4.69, 9.17) is 0 Å². The molecule has 4 rings (SSSR count). The second-order valence-electron chi connectivity index (χ2n) is 6.19. The highest BCUT2D eigenvalue weighted by Gasteiger charge is 2.01. The Hall–Kier alpha value is -3.84. The highest BCUT2D eigenvalue weighted by molar-refractivity contribution is 5.64. The Bertz CT molecular complexity index is 1190. The van der Waals surface area contributed by atoms with E-state index in [1.165, 1.54) is 0 Å². The van der Waals surface area contributed by atoms with Gasteiger partial charge < -0.3 is 4.98 Å². The van der Waals surface area contributed by atoms with Crippen molar-refractivity contribution in [1.29, 1.82) is 0 Å². The summed E-state index contributed by atoms with van der Waals surface area (Å²) in [5, 5.41) is 4.19. The maximum atomic E-state index is 11.4. The Balaban J connectivity index is 1.52. The Labute approximate surface area is 157 Å². The molecule has 4 heteroatoms. The lowest BCUT2D eigenvalue weighted by molar-refractivity contribution is 0.776. The Morgan fingerprint density at radius 1 is 0.815 bits per heavy atom. The Kier molecular flexibility index (Phi) is 4.42. The number of rotatable bonds is 2. The van der Waals surface area contributed by atoms with Gasteiger partial charge in [-0.3, -0.25) is 9.48 Å². The molecule has 0 aliphatic rings. The van der Waals surface area contributed by atoms with Crippen molar-refractivity contribution in [3.05, 3.63) is 101 Å². The number of hydrogen-bond donors (Lipinski definition) is 1. The van der Waals surface area contributed by atoms with Crippen LogP contribution in [0.25, 0.3) is 22.4 Å². The fraction of sp³-hybridized carbons (Fsp3) is 0.0435. The monoisotopic (exact) mass is 351 g/mol. The molecular weight excluding hydrogens is 334 g/mol. The summed E-state index contributed by atoms with van der Waals surface area (Å²) < 4.78 is 1.85. The molecule has 0 bridgehead atoms. The van der Waals surface area contributed by atoms with Crippen LogP contribution in [0.1, 0.15) is 11.1 Å². The zero-order chi connectivity index (χ0) is 18.6. The van der Waals surface area contributed by atoms with Crippen LogP contribution >= 0.6 is 0 Å². The summed E-state index contributed by atoms with van der Waals surface area (Å²) in [6.45, 7) is 0. The summed E-state index contributed by atoms with van der Waals surface area (Å²) in [6, 6.07) is 21.5. The molecule has 0 aliphatic heterocycles. The minimum atomic E-state index is -0.106.